The molecule has 1 aromatic rings. The van der Waals surface area contributed by atoms with E-state index in [0.29, 0.717) is 18.9 Å². The summed E-state index contributed by atoms with van der Waals surface area (Å²) < 4.78 is 18.1. The number of ether oxygens (including phenoxy) is 1. The summed E-state index contributed by atoms with van der Waals surface area (Å²) in [6, 6.07) is 6.71. The molecule has 0 bridgehead atoms. The lowest BCUT2D eigenvalue weighted by Gasteiger charge is -2.45. The van der Waals surface area contributed by atoms with Gasteiger partial charge in [-0.25, -0.2) is 4.39 Å². The first-order chi connectivity index (χ1) is 11.5. The zero-order valence-corrected chi connectivity index (χ0v) is 13.7. The van der Waals surface area contributed by atoms with Crippen molar-refractivity contribution in [1.82, 2.24) is 4.90 Å². The third-order valence-electron chi connectivity index (χ3n) is 5.91. The highest BCUT2D eigenvalue weighted by Gasteiger charge is 2.53. The molecular formula is C19H22FNO3. The second kappa shape index (κ2) is 5.87. The number of rotatable bonds is 2. The van der Waals surface area contributed by atoms with Gasteiger partial charge in [-0.15, -0.1) is 0 Å². The SMILES string of the molecule is O=C1CC2(CO1)CC(C(=O)N1CCC(c3ccc(F)cc3)CC1)C2. The Morgan fingerprint density at radius 2 is 1.83 bits per heavy atom. The number of piperidine rings is 1. The Kier molecular flexibility index (Phi) is 3.82. The van der Waals surface area contributed by atoms with Gasteiger partial charge in [0.2, 0.25) is 5.91 Å². The number of benzene rings is 1. The van der Waals surface area contributed by atoms with Crippen molar-refractivity contribution in [3.05, 3.63) is 35.6 Å². The summed E-state index contributed by atoms with van der Waals surface area (Å²) in [4.78, 5) is 25.9. The molecule has 1 saturated carbocycles. The lowest BCUT2D eigenvalue weighted by molar-refractivity contribution is -0.144. The minimum absolute atomic E-state index is 0.0517. The van der Waals surface area contributed by atoms with Crippen molar-refractivity contribution in [2.45, 2.75) is 38.0 Å². The van der Waals surface area contributed by atoms with E-state index in [1.165, 1.54) is 12.1 Å². The van der Waals surface area contributed by atoms with E-state index in [4.69, 9.17) is 4.74 Å². The number of amides is 1. The highest BCUT2D eigenvalue weighted by atomic mass is 19.1. The second-order valence-corrected chi connectivity index (χ2v) is 7.59. The number of carbonyl (C=O) groups is 2. The van der Waals surface area contributed by atoms with Gasteiger partial charge in [-0.3, -0.25) is 9.59 Å². The van der Waals surface area contributed by atoms with E-state index >= 15 is 0 Å². The first-order valence-electron chi connectivity index (χ1n) is 8.75. The molecule has 128 valence electrons. The van der Waals surface area contributed by atoms with Crippen LogP contribution < -0.4 is 0 Å². The average molecular weight is 331 g/mol. The van der Waals surface area contributed by atoms with Crippen LogP contribution in [0.4, 0.5) is 4.39 Å². The molecule has 24 heavy (non-hydrogen) atoms. The molecule has 5 heteroatoms. The standard InChI is InChI=1S/C19H22FNO3/c20-16-3-1-13(2-4-16)14-5-7-21(8-6-14)18(23)15-9-19(10-15)11-17(22)24-12-19/h1-4,14-15H,5-12H2. The maximum Gasteiger partial charge on any atom is 0.306 e. The molecule has 0 radical (unpaired) electrons. The van der Waals surface area contributed by atoms with E-state index in [1.54, 1.807) is 0 Å². The Hall–Kier alpha value is -1.91. The molecule has 0 aromatic heterocycles. The monoisotopic (exact) mass is 331 g/mol. The number of hydrogen-bond acceptors (Lipinski definition) is 3. The maximum atomic E-state index is 13.0. The van der Waals surface area contributed by atoms with Gasteiger partial charge in [0.1, 0.15) is 5.82 Å². The van der Waals surface area contributed by atoms with E-state index in [-0.39, 0.29) is 29.0 Å². The fourth-order valence-electron chi connectivity index (χ4n) is 4.49. The third-order valence-corrected chi connectivity index (χ3v) is 5.91. The number of likely N-dealkylation sites (tertiary alicyclic amines) is 1. The molecule has 2 heterocycles. The fourth-order valence-corrected chi connectivity index (χ4v) is 4.49. The van der Waals surface area contributed by atoms with Gasteiger partial charge in [-0.2, -0.15) is 0 Å². The van der Waals surface area contributed by atoms with Crippen molar-refractivity contribution in [2.75, 3.05) is 19.7 Å². The molecule has 4 rings (SSSR count). The Morgan fingerprint density at radius 3 is 2.42 bits per heavy atom. The molecular weight excluding hydrogens is 309 g/mol. The quantitative estimate of drug-likeness (QED) is 0.783. The molecule has 1 aromatic carbocycles. The summed E-state index contributed by atoms with van der Waals surface area (Å²) in [6.45, 7) is 2.02. The summed E-state index contributed by atoms with van der Waals surface area (Å²) in [5.41, 5.74) is 1.11. The van der Waals surface area contributed by atoms with Gasteiger partial charge in [-0.05, 0) is 49.3 Å². The van der Waals surface area contributed by atoms with Gasteiger partial charge in [0.05, 0.1) is 13.0 Å². The predicted octanol–water partition coefficient (Wildman–Crippen LogP) is 2.88. The van der Waals surface area contributed by atoms with Crippen LogP contribution >= 0.6 is 0 Å². The van der Waals surface area contributed by atoms with Gasteiger partial charge in [0.15, 0.2) is 0 Å². The minimum atomic E-state index is -0.209. The zero-order valence-electron chi connectivity index (χ0n) is 13.7. The van der Waals surface area contributed by atoms with E-state index in [0.717, 1.165) is 44.3 Å². The van der Waals surface area contributed by atoms with Crippen LogP contribution in [0.25, 0.3) is 0 Å². The van der Waals surface area contributed by atoms with Crippen LogP contribution in [0.5, 0.6) is 0 Å². The van der Waals surface area contributed by atoms with E-state index in [1.807, 2.05) is 17.0 Å². The van der Waals surface area contributed by atoms with Crippen molar-refractivity contribution in [1.29, 1.82) is 0 Å². The Bertz CT molecular complexity index is 643. The molecule has 4 nitrogen and oxygen atoms in total. The number of carbonyl (C=O) groups excluding carboxylic acids is 2. The molecule has 2 aliphatic heterocycles. The first kappa shape index (κ1) is 15.6. The molecule has 0 N–H and O–H groups in total. The van der Waals surface area contributed by atoms with Crippen LogP contribution in [0.15, 0.2) is 24.3 Å². The molecule has 2 saturated heterocycles. The van der Waals surface area contributed by atoms with Crippen LogP contribution in [-0.4, -0.2) is 36.5 Å². The van der Waals surface area contributed by atoms with E-state index in [2.05, 4.69) is 0 Å². The van der Waals surface area contributed by atoms with Crippen molar-refractivity contribution < 1.29 is 18.7 Å². The van der Waals surface area contributed by atoms with Crippen LogP contribution in [0.2, 0.25) is 0 Å². The lowest BCUT2D eigenvalue weighted by Crippen LogP contribution is -2.49. The molecule has 1 spiro atoms. The summed E-state index contributed by atoms with van der Waals surface area (Å²) in [7, 11) is 0. The molecule has 1 aliphatic carbocycles. The highest BCUT2D eigenvalue weighted by molar-refractivity contribution is 5.81. The summed E-state index contributed by atoms with van der Waals surface area (Å²) in [5, 5.41) is 0. The van der Waals surface area contributed by atoms with Crippen molar-refractivity contribution in [2.24, 2.45) is 11.3 Å². The van der Waals surface area contributed by atoms with Crippen LogP contribution in [0.3, 0.4) is 0 Å². The van der Waals surface area contributed by atoms with Crippen molar-refractivity contribution in [3.8, 4) is 0 Å². The first-order valence-corrected chi connectivity index (χ1v) is 8.75. The predicted molar refractivity (Wildman–Crippen MR) is 85.7 cm³/mol. The van der Waals surface area contributed by atoms with E-state index in [9.17, 15) is 14.0 Å². The van der Waals surface area contributed by atoms with Gasteiger partial charge in [-0.1, -0.05) is 12.1 Å². The van der Waals surface area contributed by atoms with Crippen LogP contribution in [0.1, 0.15) is 43.6 Å². The van der Waals surface area contributed by atoms with E-state index < -0.39 is 0 Å². The number of esters is 1. The Morgan fingerprint density at radius 1 is 1.17 bits per heavy atom. The smallest absolute Gasteiger partial charge is 0.306 e. The number of halogens is 1. The third kappa shape index (κ3) is 2.80. The number of nitrogens with zero attached hydrogens (tertiary/aromatic N) is 1. The summed E-state index contributed by atoms with van der Waals surface area (Å²) in [6.07, 6.45) is 3.90. The summed E-state index contributed by atoms with van der Waals surface area (Å²) >= 11 is 0. The minimum Gasteiger partial charge on any atom is -0.465 e. The molecule has 0 atom stereocenters. The maximum absolute atomic E-state index is 13.0. The van der Waals surface area contributed by atoms with Gasteiger partial charge in [0.25, 0.3) is 0 Å². The Labute approximate surface area is 141 Å². The normalized spacial score (nSPS) is 30.3. The Balaban J connectivity index is 1.29. The van der Waals surface area contributed by atoms with Crippen molar-refractivity contribution in [3.63, 3.8) is 0 Å². The second-order valence-electron chi connectivity index (χ2n) is 7.59. The van der Waals surface area contributed by atoms with Gasteiger partial charge in [0, 0.05) is 24.4 Å². The molecule has 3 aliphatic rings. The topological polar surface area (TPSA) is 46.6 Å². The van der Waals surface area contributed by atoms with Gasteiger partial charge < -0.3 is 9.64 Å². The largest absolute Gasteiger partial charge is 0.465 e. The average Bonchev–Trinajstić information content (AvgIpc) is 2.96. The van der Waals surface area contributed by atoms with Crippen LogP contribution in [-0.2, 0) is 14.3 Å². The molecule has 0 unspecified atom stereocenters. The molecule has 1 amide bonds. The number of hydrogen-bond donors (Lipinski definition) is 0. The van der Waals surface area contributed by atoms with Crippen molar-refractivity contribution >= 4 is 11.9 Å². The summed E-state index contributed by atoms with van der Waals surface area (Å²) in [5.74, 6) is 0.364. The fraction of sp³-hybridized carbons (Fsp3) is 0.579. The number of cyclic esters (lactones) is 1. The van der Waals surface area contributed by atoms with Gasteiger partial charge >= 0.3 is 5.97 Å². The zero-order chi connectivity index (χ0) is 16.7. The van der Waals surface area contributed by atoms with Crippen LogP contribution in [0, 0.1) is 17.2 Å². The lowest BCUT2D eigenvalue weighted by atomic mass is 9.61. The molecule has 3 fully saturated rings. The highest BCUT2D eigenvalue weighted by Crippen LogP contribution is 2.52.